The van der Waals surface area contributed by atoms with Crippen LogP contribution in [0.15, 0.2) is 28.2 Å². The monoisotopic (exact) mass is 320 g/mol. The summed E-state index contributed by atoms with van der Waals surface area (Å²) in [5.74, 6) is 0.911. The highest BCUT2D eigenvalue weighted by atomic mass is 28.3. The molecule has 0 aromatic carbocycles. The number of aliphatic hydroxyl groups is 1. The van der Waals surface area contributed by atoms with Gasteiger partial charge in [0, 0.05) is 0 Å². The van der Waals surface area contributed by atoms with Gasteiger partial charge < -0.3 is 9.52 Å². The number of carbonyl (C=O) groups is 1. The molecule has 0 radical (unpaired) electrons. The summed E-state index contributed by atoms with van der Waals surface area (Å²) in [7, 11) is -1.49. The summed E-state index contributed by atoms with van der Waals surface area (Å²) in [6.07, 6.45) is 8.73. The molecule has 1 fully saturated rings. The van der Waals surface area contributed by atoms with Crippen molar-refractivity contribution in [3.8, 4) is 0 Å². The van der Waals surface area contributed by atoms with Crippen molar-refractivity contribution in [2.75, 3.05) is 6.61 Å². The number of aldehydes is 1. The van der Waals surface area contributed by atoms with E-state index < -0.39 is 8.07 Å². The molecule has 1 aromatic heterocycles. The minimum absolute atomic E-state index is 0.0251. The van der Waals surface area contributed by atoms with Crippen LogP contribution in [0.1, 0.15) is 43.8 Å². The Kier molecular flexibility index (Phi) is 5.81. The highest BCUT2D eigenvalue weighted by Crippen LogP contribution is 2.31. The smallest absolute Gasteiger partial charge is 0.146 e. The fourth-order valence-electron chi connectivity index (χ4n) is 3.12. The molecule has 0 spiro atoms. The molecule has 122 valence electrons. The van der Waals surface area contributed by atoms with Crippen molar-refractivity contribution in [3.63, 3.8) is 0 Å². The summed E-state index contributed by atoms with van der Waals surface area (Å²) in [5, 5.41) is 10.8. The second kappa shape index (κ2) is 7.42. The zero-order chi connectivity index (χ0) is 16.2. The summed E-state index contributed by atoms with van der Waals surface area (Å²) in [5.41, 5.74) is 0.838. The Labute approximate surface area is 134 Å². The van der Waals surface area contributed by atoms with E-state index in [1.54, 1.807) is 0 Å². The van der Waals surface area contributed by atoms with E-state index in [1.807, 2.05) is 18.2 Å². The molecule has 1 unspecified atom stereocenters. The van der Waals surface area contributed by atoms with Gasteiger partial charge in [-0.05, 0) is 36.5 Å². The van der Waals surface area contributed by atoms with E-state index in [4.69, 9.17) is 4.42 Å². The van der Waals surface area contributed by atoms with Crippen LogP contribution in [-0.2, 0) is 4.79 Å². The first-order valence-corrected chi connectivity index (χ1v) is 11.8. The van der Waals surface area contributed by atoms with Crippen LogP contribution in [-0.4, -0.2) is 26.1 Å². The van der Waals surface area contributed by atoms with Gasteiger partial charge in [0.1, 0.15) is 20.1 Å². The lowest BCUT2D eigenvalue weighted by Gasteiger charge is -2.22. The maximum absolute atomic E-state index is 11.5. The van der Waals surface area contributed by atoms with Gasteiger partial charge in [-0.2, -0.15) is 0 Å². The fraction of sp³-hybridized carbons (Fsp3) is 0.611. The highest BCUT2D eigenvalue weighted by molar-refractivity contribution is 6.87. The molecule has 0 aliphatic heterocycles. The number of allylic oxidation sites excluding steroid dienone is 1. The van der Waals surface area contributed by atoms with E-state index in [0.29, 0.717) is 5.92 Å². The summed E-state index contributed by atoms with van der Waals surface area (Å²) >= 11 is 0. The predicted octanol–water partition coefficient (Wildman–Crippen LogP) is 3.61. The van der Waals surface area contributed by atoms with Crippen LogP contribution in [0.3, 0.4) is 0 Å². The van der Waals surface area contributed by atoms with Gasteiger partial charge >= 0.3 is 0 Å². The molecule has 0 amide bonds. The molecule has 0 saturated heterocycles. The summed E-state index contributed by atoms with van der Waals surface area (Å²) in [6, 6.07) is 3.98. The van der Waals surface area contributed by atoms with Gasteiger partial charge in [0.25, 0.3) is 0 Å². The van der Waals surface area contributed by atoms with E-state index in [2.05, 4.69) is 19.6 Å². The average Bonchev–Trinajstić information content (AvgIpc) is 2.99. The summed E-state index contributed by atoms with van der Waals surface area (Å²) in [6.45, 7) is 6.68. The molecule has 4 heteroatoms. The van der Waals surface area contributed by atoms with Gasteiger partial charge in [-0.15, -0.1) is 0 Å². The van der Waals surface area contributed by atoms with Crippen molar-refractivity contribution >= 4 is 19.7 Å². The van der Waals surface area contributed by atoms with Crippen molar-refractivity contribution in [2.45, 2.75) is 57.7 Å². The minimum Gasteiger partial charge on any atom is -0.471 e. The zero-order valence-corrected chi connectivity index (χ0v) is 15.0. The Bertz CT molecular complexity index is 519. The number of furan rings is 1. The van der Waals surface area contributed by atoms with Gasteiger partial charge in [-0.1, -0.05) is 45.0 Å². The van der Waals surface area contributed by atoms with Crippen LogP contribution in [0.2, 0.25) is 19.6 Å². The molecular weight excluding hydrogens is 292 g/mol. The molecule has 1 aromatic rings. The first-order valence-electron chi connectivity index (χ1n) is 8.33. The third-order valence-corrected chi connectivity index (χ3v) is 6.28. The molecule has 0 bridgehead atoms. The van der Waals surface area contributed by atoms with Gasteiger partial charge in [-0.25, -0.2) is 0 Å². The van der Waals surface area contributed by atoms with Crippen LogP contribution in [0, 0.1) is 5.92 Å². The van der Waals surface area contributed by atoms with Crippen LogP contribution in [0.25, 0.3) is 0 Å². The normalized spacial score (nSPS) is 19.2. The number of carbonyl (C=O) groups excluding carboxylic acids is 1. The Morgan fingerprint density at radius 3 is 2.50 bits per heavy atom. The van der Waals surface area contributed by atoms with Crippen LogP contribution in [0.4, 0.5) is 0 Å². The molecular formula is C18H28O3Si. The Morgan fingerprint density at radius 1 is 1.32 bits per heavy atom. The van der Waals surface area contributed by atoms with Crippen molar-refractivity contribution in [1.29, 1.82) is 0 Å². The SMILES string of the molecule is C[Si](C)(C)c1ccc(C(C=C(C=O)C2CCCCC2)CO)o1. The predicted molar refractivity (Wildman–Crippen MR) is 92.2 cm³/mol. The quantitative estimate of drug-likeness (QED) is 0.495. The lowest BCUT2D eigenvalue weighted by atomic mass is 9.83. The van der Waals surface area contributed by atoms with Crippen LogP contribution < -0.4 is 5.38 Å². The van der Waals surface area contributed by atoms with E-state index in [0.717, 1.165) is 35.8 Å². The van der Waals surface area contributed by atoms with Gasteiger partial charge in [0.2, 0.25) is 0 Å². The second-order valence-corrected chi connectivity index (χ2v) is 12.4. The molecule has 22 heavy (non-hydrogen) atoms. The largest absolute Gasteiger partial charge is 0.471 e. The standard InChI is InChI=1S/C18H28O3Si/c1-22(2,3)18-10-9-17(21-18)16(13-20)11-15(12-19)14-7-5-4-6-8-14/h9-12,14,16,20H,4-8,13H2,1-3H3. The molecule has 1 N–H and O–H groups in total. The Morgan fingerprint density at radius 2 is 2.00 bits per heavy atom. The third-order valence-electron chi connectivity index (χ3n) is 4.53. The Hall–Kier alpha value is -1.13. The molecule has 1 aliphatic carbocycles. The van der Waals surface area contributed by atoms with Crippen LogP contribution in [0.5, 0.6) is 0 Å². The van der Waals surface area contributed by atoms with Crippen LogP contribution >= 0.6 is 0 Å². The van der Waals surface area contributed by atoms with Crippen molar-refractivity contribution in [1.82, 2.24) is 0 Å². The molecule has 1 aliphatic rings. The van der Waals surface area contributed by atoms with E-state index in [9.17, 15) is 9.90 Å². The lowest BCUT2D eigenvalue weighted by molar-refractivity contribution is -0.105. The number of rotatable bonds is 6. The molecule has 2 rings (SSSR count). The van der Waals surface area contributed by atoms with Crippen molar-refractivity contribution in [2.24, 2.45) is 5.92 Å². The van der Waals surface area contributed by atoms with E-state index in [1.165, 1.54) is 19.3 Å². The Balaban J connectivity index is 2.20. The first-order chi connectivity index (χ1) is 10.5. The van der Waals surface area contributed by atoms with Gasteiger partial charge in [-0.3, -0.25) is 4.79 Å². The molecule has 1 atom stereocenters. The first kappa shape index (κ1) is 17.2. The second-order valence-electron chi connectivity index (χ2n) is 7.36. The molecule has 1 heterocycles. The average molecular weight is 321 g/mol. The topological polar surface area (TPSA) is 50.4 Å². The maximum atomic E-state index is 11.5. The molecule has 1 saturated carbocycles. The summed E-state index contributed by atoms with van der Waals surface area (Å²) in [4.78, 5) is 11.5. The van der Waals surface area contributed by atoms with E-state index >= 15 is 0 Å². The lowest BCUT2D eigenvalue weighted by Crippen LogP contribution is -2.36. The third kappa shape index (κ3) is 4.20. The van der Waals surface area contributed by atoms with Crippen molar-refractivity contribution in [3.05, 3.63) is 29.5 Å². The van der Waals surface area contributed by atoms with Gasteiger partial charge in [0.05, 0.1) is 17.9 Å². The maximum Gasteiger partial charge on any atom is 0.146 e. The number of hydrogen-bond acceptors (Lipinski definition) is 3. The highest BCUT2D eigenvalue weighted by Gasteiger charge is 2.24. The number of aliphatic hydroxyl groups excluding tert-OH is 1. The summed E-state index contributed by atoms with van der Waals surface area (Å²) < 4.78 is 5.98. The van der Waals surface area contributed by atoms with Crippen molar-refractivity contribution < 1.29 is 14.3 Å². The minimum atomic E-state index is -1.49. The zero-order valence-electron chi connectivity index (χ0n) is 14.0. The van der Waals surface area contributed by atoms with Gasteiger partial charge in [0.15, 0.2) is 0 Å². The fourth-order valence-corrected chi connectivity index (χ4v) is 4.13. The van der Waals surface area contributed by atoms with E-state index in [-0.39, 0.29) is 12.5 Å². The molecule has 3 nitrogen and oxygen atoms in total. The number of hydrogen-bond donors (Lipinski definition) is 1.